The third-order valence-electron chi connectivity index (χ3n) is 5.19. The zero-order valence-electron chi connectivity index (χ0n) is 17.3. The molecule has 3 aromatic rings. The number of nitrogens with zero attached hydrogens (tertiary/aromatic N) is 2. The SMILES string of the molecule is CC(=O)c1c(C)oc(NC(=O)c2ccc3c(c2)C(=O)N(Cc2ccccc2)C3=O)c1C#N. The first-order valence-corrected chi connectivity index (χ1v) is 9.71. The topological polar surface area (TPSA) is 120 Å². The number of carbonyl (C=O) groups is 4. The molecule has 0 bridgehead atoms. The van der Waals surface area contributed by atoms with Crippen molar-refractivity contribution in [3.8, 4) is 6.07 Å². The van der Waals surface area contributed by atoms with Gasteiger partial charge in [0.2, 0.25) is 5.88 Å². The molecule has 2 heterocycles. The van der Waals surface area contributed by atoms with Gasteiger partial charge in [-0.1, -0.05) is 30.3 Å². The number of hydrogen-bond acceptors (Lipinski definition) is 6. The van der Waals surface area contributed by atoms with Crippen molar-refractivity contribution in [3.05, 3.63) is 87.7 Å². The molecular formula is C24H17N3O5. The first-order chi connectivity index (χ1) is 15.3. The van der Waals surface area contributed by atoms with E-state index in [-0.39, 0.29) is 51.8 Å². The number of imide groups is 1. The lowest BCUT2D eigenvalue weighted by Crippen LogP contribution is -2.29. The fourth-order valence-electron chi connectivity index (χ4n) is 3.68. The number of anilines is 1. The van der Waals surface area contributed by atoms with Crippen molar-refractivity contribution in [2.75, 3.05) is 5.32 Å². The van der Waals surface area contributed by atoms with Crippen molar-refractivity contribution in [2.45, 2.75) is 20.4 Å². The Morgan fingerprint density at radius 1 is 1.06 bits per heavy atom. The average Bonchev–Trinajstić information content (AvgIpc) is 3.22. The molecular weight excluding hydrogens is 410 g/mol. The van der Waals surface area contributed by atoms with Crippen LogP contribution >= 0.6 is 0 Å². The van der Waals surface area contributed by atoms with Crippen LogP contribution in [0.2, 0.25) is 0 Å². The van der Waals surface area contributed by atoms with Gasteiger partial charge in [-0.3, -0.25) is 29.4 Å². The lowest BCUT2D eigenvalue weighted by Gasteiger charge is -2.13. The molecule has 0 spiro atoms. The molecule has 158 valence electrons. The normalized spacial score (nSPS) is 12.5. The van der Waals surface area contributed by atoms with Crippen molar-refractivity contribution in [3.63, 3.8) is 0 Å². The van der Waals surface area contributed by atoms with Gasteiger partial charge in [0.1, 0.15) is 17.4 Å². The standard InChI is InChI=1S/C24H17N3O5/c1-13(28)20-14(2)32-22(19(20)11-25)26-21(29)16-8-9-17-18(10-16)24(31)27(23(17)30)12-15-6-4-3-5-7-15/h3-10H,12H2,1-2H3,(H,26,29). The number of ketones is 1. The summed E-state index contributed by atoms with van der Waals surface area (Å²) in [7, 11) is 0. The van der Waals surface area contributed by atoms with Crippen molar-refractivity contribution in [2.24, 2.45) is 0 Å². The number of carbonyl (C=O) groups excluding carboxylic acids is 4. The van der Waals surface area contributed by atoms with E-state index in [0.717, 1.165) is 10.5 Å². The highest BCUT2D eigenvalue weighted by atomic mass is 16.4. The van der Waals surface area contributed by atoms with Gasteiger partial charge in [0.15, 0.2) is 5.78 Å². The van der Waals surface area contributed by atoms with E-state index >= 15 is 0 Å². The van der Waals surface area contributed by atoms with Gasteiger partial charge in [0, 0.05) is 5.56 Å². The fraction of sp³-hybridized carbons (Fsp3) is 0.125. The second kappa shape index (κ2) is 7.96. The van der Waals surface area contributed by atoms with E-state index in [2.05, 4.69) is 5.32 Å². The van der Waals surface area contributed by atoms with Gasteiger partial charge in [-0.25, -0.2) is 0 Å². The number of hydrogen-bond donors (Lipinski definition) is 1. The van der Waals surface area contributed by atoms with Gasteiger partial charge in [-0.2, -0.15) is 5.26 Å². The minimum atomic E-state index is -0.644. The highest BCUT2D eigenvalue weighted by Crippen LogP contribution is 2.29. The predicted molar refractivity (Wildman–Crippen MR) is 113 cm³/mol. The summed E-state index contributed by atoms with van der Waals surface area (Å²) < 4.78 is 5.40. The van der Waals surface area contributed by atoms with Crippen LogP contribution in [0.15, 0.2) is 52.9 Å². The van der Waals surface area contributed by atoms with Crippen molar-refractivity contribution >= 4 is 29.4 Å². The average molecular weight is 427 g/mol. The Morgan fingerprint density at radius 2 is 1.75 bits per heavy atom. The molecule has 1 N–H and O–H groups in total. The summed E-state index contributed by atoms with van der Waals surface area (Å²) in [6.07, 6.45) is 0. The number of Topliss-reactive ketones (excluding diaryl/α,β-unsaturated/α-hetero) is 1. The molecule has 0 saturated carbocycles. The summed E-state index contributed by atoms with van der Waals surface area (Å²) in [5.41, 5.74) is 1.29. The molecule has 1 aromatic heterocycles. The van der Waals surface area contributed by atoms with Crippen molar-refractivity contribution in [1.82, 2.24) is 4.90 Å². The first kappa shape index (κ1) is 20.8. The van der Waals surface area contributed by atoms with E-state index in [1.54, 1.807) is 0 Å². The van der Waals surface area contributed by atoms with Crippen molar-refractivity contribution < 1.29 is 23.6 Å². The van der Waals surface area contributed by atoms with Crippen LogP contribution in [0, 0.1) is 18.3 Å². The molecule has 0 fully saturated rings. The van der Waals surface area contributed by atoms with Crippen LogP contribution < -0.4 is 5.32 Å². The molecule has 1 aliphatic heterocycles. The molecule has 0 radical (unpaired) electrons. The van der Waals surface area contributed by atoms with Crippen molar-refractivity contribution in [1.29, 1.82) is 5.26 Å². The maximum Gasteiger partial charge on any atom is 0.261 e. The lowest BCUT2D eigenvalue weighted by atomic mass is 10.0. The molecule has 32 heavy (non-hydrogen) atoms. The number of furan rings is 1. The minimum Gasteiger partial charge on any atom is -0.443 e. The molecule has 8 heteroatoms. The largest absolute Gasteiger partial charge is 0.443 e. The number of aryl methyl sites for hydroxylation is 1. The van der Waals surface area contributed by atoms with Gasteiger partial charge >= 0.3 is 0 Å². The molecule has 2 aromatic carbocycles. The monoisotopic (exact) mass is 427 g/mol. The minimum absolute atomic E-state index is 0.0650. The molecule has 1 aliphatic rings. The Hall–Kier alpha value is -4.51. The summed E-state index contributed by atoms with van der Waals surface area (Å²) in [5.74, 6) is -1.85. The Kier molecular flexibility index (Phi) is 5.16. The molecule has 0 aliphatic carbocycles. The third kappa shape index (κ3) is 3.46. The number of amides is 3. The molecule has 3 amide bonds. The summed E-state index contributed by atoms with van der Waals surface area (Å²) in [5, 5.41) is 11.9. The molecule has 4 rings (SSSR count). The first-order valence-electron chi connectivity index (χ1n) is 9.71. The van der Waals surface area contributed by atoms with Gasteiger partial charge in [0.25, 0.3) is 17.7 Å². The summed E-state index contributed by atoms with van der Waals surface area (Å²) in [6.45, 7) is 2.95. The Balaban J connectivity index is 1.60. The van der Waals surface area contributed by atoms with Crippen LogP contribution in [-0.4, -0.2) is 28.4 Å². The van der Waals surface area contributed by atoms with E-state index in [1.807, 2.05) is 36.4 Å². The number of benzene rings is 2. The van der Waals surface area contributed by atoms with Crippen LogP contribution in [0.1, 0.15) is 65.2 Å². The Labute approximate surface area is 183 Å². The third-order valence-corrected chi connectivity index (χ3v) is 5.19. The summed E-state index contributed by atoms with van der Waals surface area (Å²) in [4.78, 5) is 51.2. The maximum atomic E-state index is 12.8. The zero-order chi connectivity index (χ0) is 23.0. The van der Waals surface area contributed by atoms with Gasteiger partial charge < -0.3 is 4.42 Å². The summed E-state index contributed by atoms with van der Waals surface area (Å²) in [6, 6.07) is 15.2. The Morgan fingerprint density at radius 3 is 2.41 bits per heavy atom. The molecule has 0 atom stereocenters. The van der Waals surface area contributed by atoms with Crippen LogP contribution in [0.4, 0.5) is 5.88 Å². The van der Waals surface area contributed by atoms with Crippen LogP contribution in [0.25, 0.3) is 0 Å². The van der Waals surface area contributed by atoms with Crippen LogP contribution in [0.3, 0.4) is 0 Å². The predicted octanol–water partition coefficient (Wildman–Crippen LogP) is 3.71. The highest BCUT2D eigenvalue weighted by Gasteiger charge is 2.36. The highest BCUT2D eigenvalue weighted by molar-refractivity contribution is 6.22. The van der Waals surface area contributed by atoms with Crippen LogP contribution in [-0.2, 0) is 6.54 Å². The smallest absolute Gasteiger partial charge is 0.261 e. The van der Waals surface area contributed by atoms with E-state index in [4.69, 9.17) is 4.42 Å². The number of nitriles is 1. The molecule has 0 saturated heterocycles. The number of nitrogens with one attached hydrogen (secondary N) is 1. The lowest BCUT2D eigenvalue weighted by molar-refractivity contribution is 0.0642. The van der Waals surface area contributed by atoms with Gasteiger partial charge in [0.05, 0.1) is 23.2 Å². The van der Waals surface area contributed by atoms with E-state index < -0.39 is 17.7 Å². The number of fused-ring (bicyclic) bond motifs is 1. The van der Waals surface area contributed by atoms with Gasteiger partial charge in [-0.15, -0.1) is 0 Å². The quantitative estimate of drug-likeness (QED) is 0.489. The van der Waals surface area contributed by atoms with E-state index in [1.165, 1.54) is 32.0 Å². The second-order valence-electron chi connectivity index (χ2n) is 7.30. The van der Waals surface area contributed by atoms with Crippen LogP contribution in [0.5, 0.6) is 0 Å². The molecule has 8 nitrogen and oxygen atoms in total. The second-order valence-corrected chi connectivity index (χ2v) is 7.30. The maximum absolute atomic E-state index is 12.8. The fourth-order valence-corrected chi connectivity index (χ4v) is 3.68. The summed E-state index contributed by atoms with van der Waals surface area (Å²) >= 11 is 0. The molecule has 0 unspecified atom stereocenters. The van der Waals surface area contributed by atoms with Gasteiger partial charge in [-0.05, 0) is 37.6 Å². The Bertz CT molecular complexity index is 1330. The zero-order valence-corrected chi connectivity index (χ0v) is 17.3. The van der Waals surface area contributed by atoms with E-state index in [0.29, 0.717) is 0 Å². The van der Waals surface area contributed by atoms with E-state index in [9.17, 15) is 24.4 Å². The number of rotatable bonds is 5.